The number of nitrogens with one attached hydrogen (secondary N) is 1. The van der Waals surface area contributed by atoms with Gasteiger partial charge in [0, 0.05) is 24.6 Å². The van der Waals surface area contributed by atoms with Crippen LogP contribution in [-0.2, 0) is 27.3 Å². The number of aliphatic hydroxyl groups is 1. The average Bonchev–Trinajstić information content (AvgIpc) is 2.82. The molecule has 0 spiro atoms. The van der Waals surface area contributed by atoms with Crippen molar-refractivity contribution in [2.24, 2.45) is 0 Å². The van der Waals surface area contributed by atoms with Crippen LogP contribution in [0.25, 0.3) is 0 Å². The molecule has 3 aromatic rings. The number of pyridine rings is 1. The summed E-state index contributed by atoms with van der Waals surface area (Å²) in [5, 5.41) is 12.9. The number of carbonyl (C=O) groups excluding carboxylic acids is 2. The van der Waals surface area contributed by atoms with Crippen molar-refractivity contribution in [1.82, 2.24) is 9.88 Å². The highest BCUT2D eigenvalue weighted by Gasteiger charge is 2.37. The Morgan fingerprint density at radius 2 is 1.81 bits per heavy atom. The Kier molecular flexibility index (Phi) is 6.89. The van der Waals surface area contributed by atoms with Crippen LogP contribution < -0.4 is 5.32 Å². The van der Waals surface area contributed by atoms with E-state index >= 15 is 0 Å². The Morgan fingerprint density at radius 3 is 2.50 bits per heavy atom. The summed E-state index contributed by atoms with van der Waals surface area (Å²) in [7, 11) is 0. The maximum atomic E-state index is 12.5. The molecule has 2 N–H and O–H groups in total. The van der Waals surface area contributed by atoms with Gasteiger partial charge in [-0.15, -0.1) is 0 Å². The van der Waals surface area contributed by atoms with Crippen molar-refractivity contribution in [3.8, 4) is 0 Å². The number of ether oxygens (including phenoxy) is 1. The predicted octanol–water partition coefficient (Wildman–Crippen LogP) is 2.72. The summed E-state index contributed by atoms with van der Waals surface area (Å²) in [6, 6.07) is 20.1. The number of amides is 2. The third-order valence-electron chi connectivity index (χ3n) is 5.45. The summed E-state index contributed by atoms with van der Waals surface area (Å²) in [6.45, 7) is 0.0641. The molecule has 0 aliphatic carbocycles. The van der Waals surface area contributed by atoms with Crippen molar-refractivity contribution in [3.05, 3.63) is 95.8 Å². The van der Waals surface area contributed by atoms with Crippen LogP contribution in [0.1, 0.15) is 22.8 Å². The van der Waals surface area contributed by atoms with Gasteiger partial charge in [0.2, 0.25) is 11.8 Å². The zero-order valence-electron chi connectivity index (χ0n) is 17.6. The number of benzene rings is 2. The molecular formula is C25H25N3O4. The first-order valence-electron chi connectivity index (χ1n) is 10.5. The van der Waals surface area contributed by atoms with E-state index in [1.165, 1.54) is 0 Å². The summed E-state index contributed by atoms with van der Waals surface area (Å²) < 4.78 is 5.79. The third kappa shape index (κ3) is 5.19. The van der Waals surface area contributed by atoms with Gasteiger partial charge in [-0.1, -0.05) is 48.5 Å². The first kappa shape index (κ1) is 21.7. The number of nitrogens with zero attached hydrogens (tertiary/aromatic N) is 2. The molecule has 2 amide bonds. The molecule has 1 fully saturated rings. The van der Waals surface area contributed by atoms with Crippen LogP contribution in [0.3, 0.4) is 0 Å². The second-order valence-electron chi connectivity index (χ2n) is 7.70. The monoisotopic (exact) mass is 431 g/mol. The van der Waals surface area contributed by atoms with Crippen LogP contribution in [0.4, 0.5) is 5.69 Å². The normalized spacial score (nSPS) is 18.4. The SMILES string of the molecule is O=C(Cc1ccccc1)Nc1ccc(C2OCC(=O)N(Cc3cccnc3)C2CO)cc1. The fourth-order valence-corrected chi connectivity index (χ4v) is 3.85. The highest BCUT2D eigenvalue weighted by atomic mass is 16.5. The van der Waals surface area contributed by atoms with E-state index in [0.717, 1.165) is 16.7 Å². The lowest BCUT2D eigenvalue weighted by Gasteiger charge is -2.40. The first-order chi connectivity index (χ1) is 15.6. The molecule has 4 rings (SSSR count). The van der Waals surface area contributed by atoms with Gasteiger partial charge >= 0.3 is 0 Å². The predicted molar refractivity (Wildman–Crippen MR) is 120 cm³/mol. The maximum Gasteiger partial charge on any atom is 0.249 e. The van der Waals surface area contributed by atoms with Gasteiger partial charge in [0.1, 0.15) is 12.7 Å². The van der Waals surface area contributed by atoms with E-state index in [1.54, 1.807) is 29.4 Å². The molecule has 164 valence electrons. The Balaban J connectivity index is 1.44. The molecule has 1 saturated heterocycles. The van der Waals surface area contributed by atoms with E-state index in [1.807, 2.05) is 54.6 Å². The van der Waals surface area contributed by atoms with Gasteiger partial charge in [0.15, 0.2) is 0 Å². The van der Waals surface area contributed by atoms with Crippen molar-refractivity contribution >= 4 is 17.5 Å². The van der Waals surface area contributed by atoms with E-state index in [-0.39, 0.29) is 25.0 Å². The summed E-state index contributed by atoms with van der Waals surface area (Å²) in [5.41, 5.74) is 3.33. The number of aromatic nitrogens is 1. The summed E-state index contributed by atoms with van der Waals surface area (Å²) in [4.78, 5) is 30.5. The molecule has 2 heterocycles. The average molecular weight is 431 g/mol. The van der Waals surface area contributed by atoms with Crippen LogP contribution in [0.2, 0.25) is 0 Å². The smallest absolute Gasteiger partial charge is 0.249 e. The van der Waals surface area contributed by atoms with Gasteiger partial charge in [0.25, 0.3) is 0 Å². The molecule has 7 heteroatoms. The van der Waals surface area contributed by atoms with Crippen LogP contribution in [-0.4, -0.2) is 46.1 Å². The lowest BCUT2D eigenvalue weighted by atomic mass is 9.98. The molecule has 2 unspecified atom stereocenters. The van der Waals surface area contributed by atoms with Crippen molar-refractivity contribution in [1.29, 1.82) is 0 Å². The highest BCUT2D eigenvalue weighted by Crippen LogP contribution is 2.30. The Morgan fingerprint density at radius 1 is 1.06 bits per heavy atom. The summed E-state index contributed by atoms with van der Waals surface area (Å²) >= 11 is 0. The molecular weight excluding hydrogens is 406 g/mol. The van der Waals surface area contributed by atoms with Crippen LogP contribution in [0, 0.1) is 0 Å². The Bertz CT molecular complexity index is 1040. The summed E-state index contributed by atoms with van der Waals surface area (Å²) in [5.74, 6) is -0.270. The van der Waals surface area contributed by atoms with Gasteiger partial charge < -0.3 is 20.1 Å². The lowest BCUT2D eigenvalue weighted by molar-refractivity contribution is -0.162. The van der Waals surface area contributed by atoms with Crippen molar-refractivity contribution < 1.29 is 19.4 Å². The van der Waals surface area contributed by atoms with Gasteiger partial charge in [-0.2, -0.15) is 0 Å². The molecule has 0 saturated carbocycles. The minimum atomic E-state index is -0.519. The number of hydrogen-bond donors (Lipinski definition) is 2. The van der Waals surface area contributed by atoms with Crippen molar-refractivity contribution in [2.45, 2.75) is 25.1 Å². The van der Waals surface area contributed by atoms with Crippen molar-refractivity contribution in [3.63, 3.8) is 0 Å². The van der Waals surface area contributed by atoms with Gasteiger partial charge in [-0.3, -0.25) is 14.6 Å². The highest BCUT2D eigenvalue weighted by molar-refractivity contribution is 5.92. The molecule has 0 radical (unpaired) electrons. The van der Waals surface area contributed by atoms with Gasteiger partial charge in [0.05, 0.1) is 19.1 Å². The number of rotatable bonds is 7. The molecule has 2 atom stereocenters. The minimum absolute atomic E-state index is 0.0585. The maximum absolute atomic E-state index is 12.5. The summed E-state index contributed by atoms with van der Waals surface area (Å²) in [6.07, 6.45) is 3.21. The quantitative estimate of drug-likeness (QED) is 0.600. The first-order valence-corrected chi connectivity index (χ1v) is 10.5. The molecule has 1 aromatic heterocycles. The fraction of sp³-hybridized carbons (Fsp3) is 0.240. The molecule has 7 nitrogen and oxygen atoms in total. The van der Waals surface area contributed by atoms with E-state index < -0.39 is 12.1 Å². The van der Waals surface area contributed by atoms with E-state index in [2.05, 4.69) is 10.3 Å². The third-order valence-corrected chi connectivity index (χ3v) is 5.45. The molecule has 2 aromatic carbocycles. The number of carbonyl (C=O) groups is 2. The van der Waals surface area contributed by atoms with Crippen LogP contribution in [0.5, 0.6) is 0 Å². The molecule has 1 aliphatic heterocycles. The second-order valence-corrected chi connectivity index (χ2v) is 7.70. The van der Waals surface area contributed by atoms with E-state index in [9.17, 15) is 14.7 Å². The number of anilines is 1. The number of morpholine rings is 1. The lowest BCUT2D eigenvalue weighted by Crippen LogP contribution is -2.52. The topological polar surface area (TPSA) is 91.8 Å². The van der Waals surface area contributed by atoms with E-state index in [0.29, 0.717) is 18.7 Å². The zero-order chi connectivity index (χ0) is 22.3. The number of aliphatic hydroxyl groups excluding tert-OH is 1. The van der Waals surface area contributed by atoms with Crippen molar-refractivity contribution in [2.75, 3.05) is 18.5 Å². The largest absolute Gasteiger partial charge is 0.394 e. The Hall–Kier alpha value is -3.55. The molecule has 1 aliphatic rings. The molecule has 0 bridgehead atoms. The second kappa shape index (κ2) is 10.2. The van der Waals surface area contributed by atoms with Gasteiger partial charge in [-0.25, -0.2) is 0 Å². The van der Waals surface area contributed by atoms with Crippen LogP contribution >= 0.6 is 0 Å². The Labute approximate surface area is 186 Å². The minimum Gasteiger partial charge on any atom is -0.394 e. The van der Waals surface area contributed by atoms with E-state index in [4.69, 9.17) is 4.74 Å². The fourth-order valence-electron chi connectivity index (χ4n) is 3.85. The standard InChI is InChI=1S/C25H25N3O4/c29-16-22-25(32-17-24(31)28(22)15-19-7-4-12-26-14-19)20-8-10-21(11-9-20)27-23(30)13-18-5-2-1-3-6-18/h1-12,14,22,25,29H,13,15-17H2,(H,27,30). The number of hydrogen-bond acceptors (Lipinski definition) is 5. The van der Waals surface area contributed by atoms with Crippen LogP contribution in [0.15, 0.2) is 79.1 Å². The van der Waals surface area contributed by atoms with Gasteiger partial charge in [-0.05, 0) is 34.9 Å². The molecule has 32 heavy (non-hydrogen) atoms. The zero-order valence-corrected chi connectivity index (χ0v) is 17.6.